The molecule has 0 aliphatic carbocycles. The van der Waals surface area contributed by atoms with Crippen LogP contribution in [-0.2, 0) is 0 Å². The molecule has 9 nitrogen and oxygen atoms in total. The Bertz CT molecular complexity index is 1870. The highest BCUT2D eigenvalue weighted by atomic mass is 19.1. The molecule has 0 amide bonds. The van der Waals surface area contributed by atoms with Crippen LogP contribution in [0.25, 0.3) is 34.1 Å². The summed E-state index contributed by atoms with van der Waals surface area (Å²) in [6.45, 7) is 0.841. The number of anilines is 1. The molecule has 1 saturated heterocycles. The van der Waals surface area contributed by atoms with E-state index in [9.17, 15) is 4.39 Å². The third kappa shape index (κ3) is 3.72. The summed E-state index contributed by atoms with van der Waals surface area (Å²) in [5, 5.41) is 18.2. The molecule has 1 fully saturated rings. The van der Waals surface area contributed by atoms with Crippen LogP contribution in [0.5, 0.6) is 0 Å². The van der Waals surface area contributed by atoms with Gasteiger partial charge in [-0.15, -0.1) is 5.10 Å². The molecule has 1 aliphatic rings. The van der Waals surface area contributed by atoms with Crippen molar-refractivity contribution in [2.45, 2.75) is 18.9 Å². The zero-order chi connectivity index (χ0) is 25.6. The molecular weight excluding hydrogens is 481 g/mol. The summed E-state index contributed by atoms with van der Waals surface area (Å²) < 4.78 is 17.3. The van der Waals surface area contributed by atoms with Crippen molar-refractivity contribution in [3.8, 4) is 28.8 Å². The Labute approximate surface area is 216 Å². The number of hydrogen-bond donors (Lipinski definition) is 0. The van der Waals surface area contributed by atoms with Gasteiger partial charge in [0.2, 0.25) is 0 Å². The molecule has 10 heteroatoms. The summed E-state index contributed by atoms with van der Waals surface area (Å²) in [5.74, 6) is 0.578. The van der Waals surface area contributed by atoms with Crippen molar-refractivity contribution in [2.75, 3.05) is 11.4 Å². The van der Waals surface area contributed by atoms with Crippen molar-refractivity contribution in [3.63, 3.8) is 0 Å². The van der Waals surface area contributed by atoms with Gasteiger partial charge in [0.25, 0.3) is 0 Å². The Hall–Kier alpha value is -5.17. The summed E-state index contributed by atoms with van der Waals surface area (Å²) in [7, 11) is 0. The molecule has 0 radical (unpaired) electrons. The first kappa shape index (κ1) is 22.1. The van der Waals surface area contributed by atoms with Gasteiger partial charge in [-0.3, -0.25) is 0 Å². The number of hydrogen-bond acceptors (Lipinski definition) is 7. The number of nitrogens with zero attached hydrogens (tertiary/aromatic N) is 9. The van der Waals surface area contributed by atoms with E-state index in [4.69, 9.17) is 15.3 Å². The predicted octanol–water partition coefficient (Wildman–Crippen LogP) is 4.85. The average molecular weight is 502 g/mol. The van der Waals surface area contributed by atoms with E-state index in [0.29, 0.717) is 34.1 Å². The quantitative estimate of drug-likeness (QED) is 0.340. The first-order valence-electron chi connectivity index (χ1n) is 12.3. The molecule has 0 N–H and O–H groups in total. The van der Waals surface area contributed by atoms with E-state index in [0.717, 1.165) is 36.5 Å². The maximum atomic E-state index is 13.9. The van der Waals surface area contributed by atoms with Crippen molar-refractivity contribution < 1.29 is 4.39 Å². The predicted molar refractivity (Wildman–Crippen MR) is 139 cm³/mol. The van der Waals surface area contributed by atoms with Crippen molar-refractivity contribution in [2.24, 2.45) is 0 Å². The van der Waals surface area contributed by atoms with Crippen LogP contribution >= 0.6 is 0 Å². The molecule has 1 atom stereocenters. The molecule has 0 saturated carbocycles. The van der Waals surface area contributed by atoms with Crippen molar-refractivity contribution in [1.29, 1.82) is 5.26 Å². The molecule has 1 aliphatic heterocycles. The topological polar surface area (TPSA) is 100 Å². The number of aromatic nitrogens is 7. The largest absolute Gasteiger partial charge is 0.348 e. The fraction of sp³-hybridized carbons (Fsp3) is 0.143. The fourth-order valence-corrected chi connectivity index (χ4v) is 5.09. The van der Waals surface area contributed by atoms with Crippen LogP contribution < -0.4 is 4.90 Å². The number of fused-ring (bicyclic) bond motifs is 2. The van der Waals surface area contributed by atoms with Gasteiger partial charge in [0, 0.05) is 18.8 Å². The zero-order valence-electron chi connectivity index (χ0n) is 20.1. The maximum absolute atomic E-state index is 13.9. The van der Waals surface area contributed by atoms with Crippen LogP contribution in [0, 0.1) is 17.1 Å². The van der Waals surface area contributed by atoms with Crippen molar-refractivity contribution in [1.82, 2.24) is 34.2 Å². The minimum atomic E-state index is -0.229. The normalized spacial score (nSPS) is 15.4. The van der Waals surface area contributed by atoms with Gasteiger partial charge in [0.15, 0.2) is 17.0 Å². The van der Waals surface area contributed by atoms with Gasteiger partial charge >= 0.3 is 0 Å². The molecule has 0 bridgehead atoms. The second-order valence-electron chi connectivity index (χ2n) is 9.18. The minimum absolute atomic E-state index is 0.0650. The van der Waals surface area contributed by atoms with Gasteiger partial charge < -0.3 is 4.90 Å². The number of pyridine rings is 1. The molecule has 184 valence electrons. The SMILES string of the molecule is N#Cc1cc2nc(-c3cccc(-c4cnc5ccc(N6CCCC6c6cccc(F)c6)nn45)n3)ccn2n1. The van der Waals surface area contributed by atoms with Crippen molar-refractivity contribution >= 4 is 17.1 Å². The lowest BCUT2D eigenvalue weighted by molar-refractivity contribution is 0.617. The van der Waals surface area contributed by atoms with Gasteiger partial charge in [-0.25, -0.2) is 28.4 Å². The second-order valence-corrected chi connectivity index (χ2v) is 9.18. The molecule has 5 aromatic heterocycles. The standard InChI is InChI=1S/C28H20FN9/c29-19-5-1-4-18(14-19)24-8-3-12-36(24)27-10-9-26-31-17-25(38(26)35-27)23-7-2-6-21(32-23)22-11-13-37-28(33-22)15-20(16-30)34-37/h1-2,4-7,9-11,13-15,17,24H,3,8,12H2. The highest BCUT2D eigenvalue weighted by Crippen LogP contribution is 2.35. The summed E-state index contributed by atoms with van der Waals surface area (Å²) in [5.41, 5.74) is 5.35. The molecule has 7 rings (SSSR count). The Balaban J connectivity index is 1.26. The van der Waals surface area contributed by atoms with E-state index in [2.05, 4.69) is 20.0 Å². The van der Waals surface area contributed by atoms with E-state index < -0.39 is 0 Å². The van der Waals surface area contributed by atoms with Crippen LogP contribution in [0.1, 0.15) is 30.1 Å². The van der Waals surface area contributed by atoms with E-state index in [1.807, 2.05) is 48.5 Å². The monoisotopic (exact) mass is 501 g/mol. The van der Waals surface area contributed by atoms with Crippen LogP contribution in [0.3, 0.4) is 0 Å². The molecule has 0 spiro atoms. The highest BCUT2D eigenvalue weighted by Gasteiger charge is 2.28. The lowest BCUT2D eigenvalue weighted by Crippen LogP contribution is -2.24. The zero-order valence-corrected chi connectivity index (χ0v) is 20.1. The number of benzene rings is 1. The van der Waals surface area contributed by atoms with Gasteiger partial charge in [0.1, 0.15) is 23.4 Å². The highest BCUT2D eigenvalue weighted by molar-refractivity contribution is 5.65. The summed E-state index contributed by atoms with van der Waals surface area (Å²) in [6, 6.07) is 22.0. The number of nitriles is 1. The van der Waals surface area contributed by atoms with Crippen LogP contribution in [-0.4, -0.2) is 40.7 Å². The van der Waals surface area contributed by atoms with E-state index in [-0.39, 0.29) is 11.9 Å². The first-order chi connectivity index (χ1) is 18.7. The van der Waals surface area contributed by atoms with Crippen LogP contribution in [0.2, 0.25) is 0 Å². The smallest absolute Gasteiger partial charge is 0.165 e. The van der Waals surface area contributed by atoms with Gasteiger partial charge in [-0.1, -0.05) is 18.2 Å². The van der Waals surface area contributed by atoms with Crippen LogP contribution in [0.4, 0.5) is 10.2 Å². The molecular formula is C28H20FN9. The molecule has 1 unspecified atom stereocenters. The molecule has 1 aromatic carbocycles. The molecule has 6 heterocycles. The maximum Gasteiger partial charge on any atom is 0.165 e. The summed E-state index contributed by atoms with van der Waals surface area (Å²) in [6.07, 6.45) is 5.47. The number of rotatable bonds is 4. The first-order valence-corrected chi connectivity index (χ1v) is 12.3. The minimum Gasteiger partial charge on any atom is -0.348 e. The third-order valence-electron chi connectivity index (χ3n) is 6.84. The summed E-state index contributed by atoms with van der Waals surface area (Å²) >= 11 is 0. The summed E-state index contributed by atoms with van der Waals surface area (Å²) in [4.78, 5) is 16.2. The number of imidazole rings is 1. The van der Waals surface area contributed by atoms with Gasteiger partial charge in [-0.05, 0) is 60.9 Å². The lowest BCUT2D eigenvalue weighted by Gasteiger charge is -2.26. The molecule has 38 heavy (non-hydrogen) atoms. The van der Waals surface area contributed by atoms with E-state index in [1.165, 1.54) is 6.07 Å². The van der Waals surface area contributed by atoms with E-state index >= 15 is 0 Å². The van der Waals surface area contributed by atoms with E-state index in [1.54, 1.807) is 39.6 Å². The van der Waals surface area contributed by atoms with Crippen molar-refractivity contribution in [3.05, 3.63) is 96.2 Å². The lowest BCUT2D eigenvalue weighted by atomic mass is 10.0. The average Bonchev–Trinajstić information content (AvgIpc) is 3.70. The van der Waals surface area contributed by atoms with Gasteiger partial charge in [-0.2, -0.15) is 10.4 Å². The Kier molecular flexibility index (Phi) is 5.07. The Morgan fingerprint density at radius 2 is 1.76 bits per heavy atom. The Morgan fingerprint density at radius 3 is 2.66 bits per heavy atom. The number of halogens is 1. The third-order valence-corrected chi connectivity index (χ3v) is 6.84. The molecule has 6 aromatic rings. The Morgan fingerprint density at radius 1 is 0.895 bits per heavy atom. The fourth-order valence-electron chi connectivity index (χ4n) is 5.09. The van der Waals surface area contributed by atoms with Crippen LogP contribution in [0.15, 0.2) is 79.1 Å². The van der Waals surface area contributed by atoms with Gasteiger partial charge in [0.05, 0.1) is 29.3 Å². The second kappa shape index (κ2) is 8.74.